The molecule has 0 aromatic heterocycles. The number of hydrogen-bond acceptors (Lipinski definition) is 4. The van der Waals surface area contributed by atoms with Crippen LogP contribution in [0.2, 0.25) is 0 Å². The lowest BCUT2D eigenvalue weighted by Gasteiger charge is -2.54. The summed E-state index contributed by atoms with van der Waals surface area (Å²) in [4.78, 5) is 24.5. The van der Waals surface area contributed by atoms with E-state index in [1.54, 1.807) is 0 Å². The van der Waals surface area contributed by atoms with E-state index < -0.39 is 23.4 Å². The highest BCUT2D eigenvalue weighted by Gasteiger charge is 2.59. The molecule has 1 N–H and O–H groups in total. The Kier molecular flexibility index (Phi) is 3.74. The summed E-state index contributed by atoms with van der Waals surface area (Å²) in [5, 5.41) is 10.5. The number of hydrogen-bond donors (Lipinski definition) is 1. The van der Waals surface area contributed by atoms with Gasteiger partial charge in [0.2, 0.25) is 0 Å². The molecule has 0 amide bonds. The molecule has 19 heavy (non-hydrogen) atoms. The topological polar surface area (TPSA) is 63.6 Å². The summed E-state index contributed by atoms with van der Waals surface area (Å²) >= 11 is 0. The van der Waals surface area contributed by atoms with Crippen molar-refractivity contribution < 1.29 is 19.4 Å². The number of esters is 1. The Balaban J connectivity index is 2.43. The van der Waals surface area contributed by atoms with Crippen LogP contribution in [0.3, 0.4) is 0 Å². The number of ether oxygens (including phenoxy) is 1. The van der Waals surface area contributed by atoms with Gasteiger partial charge in [-0.3, -0.25) is 9.59 Å². The van der Waals surface area contributed by atoms with Gasteiger partial charge in [-0.05, 0) is 25.2 Å². The molecule has 0 unspecified atom stereocenters. The van der Waals surface area contributed by atoms with Crippen molar-refractivity contribution in [2.45, 2.75) is 46.1 Å². The van der Waals surface area contributed by atoms with Crippen LogP contribution in [-0.2, 0) is 14.3 Å². The third-order valence-corrected chi connectivity index (χ3v) is 5.64. The standard InChI is InChI=1S/C15H24O4/c1-8-7-11(16)15(3)9(2)5-6-10(14(18)19-4)12(15)13(8)17/h8-12,16H,5-7H2,1-4H3/t8-,9-,10+,11+,12-,15+/m0/s1. The number of carbonyl (C=O) groups excluding carboxylic acids is 2. The molecule has 0 spiro atoms. The smallest absolute Gasteiger partial charge is 0.309 e. The second-order valence-electron chi connectivity index (χ2n) is 6.51. The van der Waals surface area contributed by atoms with Crippen molar-refractivity contribution in [1.82, 2.24) is 0 Å². The third kappa shape index (κ3) is 2.00. The van der Waals surface area contributed by atoms with Gasteiger partial charge in [0.1, 0.15) is 5.78 Å². The summed E-state index contributed by atoms with van der Waals surface area (Å²) < 4.78 is 4.86. The van der Waals surface area contributed by atoms with Crippen LogP contribution in [-0.4, -0.2) is 30.1 Å². The van der Waals surface area contributed by atoms with Gasteiger partial charge < -0.3 is 9.84 Å². The summed E-state index contributed by atoms with van der Waals surface area (Å²) in [5.74, 6) is -0.915. The van der Waals surface area contributed by atoms with E-state index >= 15 is 0 Å². The lowest BCUT2D eigenvalue weighted by molar-refractivity contribution is -0.177. The zero-order valence-corrected chi connectivity index (χ0v) is 12.2. The maximum absolute atomic E-state index is 12.6. The quantitative estimate of drug-likeness (QED) is 0.737. The molecule has 0 bridgehead atoms. The van der Waals surface area contributed by atoms with E-state index in [1.807, 2.05) is 13.8 Å². The van der Waals surface area contributed by atoms with Gasteiger partial charge in [-0.1, -0.05) is 20.8 Å². The van der Waals surface area contributed by atoms with Crippen LogP contribution in [0, 0.1) is 29.1 Å². The molecule has 4 nitrogen and oxygen atoms in total. The fourth-order valence-electron chi connectivity index (χ4n) is 4.10. The number of methoxy groups -OCH3 is 1. The molecule has 108 valence electrons. The molecular weight excluding hydrogens is 244 g/mol. The number of aliphatic hydroxyl groups is 1. The van der Waals surface area contributed by atoms with Crippen molar-refractivity contribution in [2.24, 2.45) is 29.1 Å². The number of carbonyl (C=O) groups is 2. The first-order valence-electron chi connectivity index (χ1n) is 7.13. The fourth-order valence-corrected chi connectivity index (χ4v) is 4.10. The molecule has 2 fully saturated rings. The predicted octanol–water partition coefficient (Wildman–Crippen LogP) is 1.80. The van der Waals surface area contributed by atoms with Crippen molar-refractivity contribution in [1.29, 1.82) is 0 Å². The zero-order chi connectivity index (χ0) is 14.4. The van der Waals surface area contributed by atoms with Crippen molar-refractivity contribution in [2.75, 3.05) is 7.11 Å². The Morgan fingerprint density at radius 1 is 1.37 bits per heavy atom. The Labute approximate surface area is 114 Å². The molecule has 0 saturated heterocycles. The zero-order valence-electron chi connectivity index (χ0n) is 12.2. The number of aliphatic hydroxyl groups excluding tert-OH is 1. The lowest BCUT2D eigenvalue weighted by atomic mass is 9.49. The molecule has 2 rings (SSSR count). The molecular formula is C15H24O4. The van der Waals surface area contributed by atoms with Gasteiger partial charge in [-0.2, -0.15) is 0 Å². The highest BCUT2D eigenvalue weighted by atomic mass is 16.5. The van der Waals surface area contributed by atoms with Gasteiger partial charge in [-0.15, -0.1) is 0 Å². The van der Waals surface area contributed by atoms with Gasteiger partial charge in [0.05, 0.1) is 19.1 Å². The van der Waals surface area contributed by atoms with E-state index in [9.17, 15) is 14.7 Å². The number of Topliss-reactive ketones (excluding diaryl/α,β-unsaturated/α-hetero) is 1. The average molecular weight is 268 g/mol. The normalized spacial score (nSPS) is 46.6. The van der Waals surface area contributed by atoms with Crippen LogP contribution in [0.5, 0.6) is 0 Å². The van der Waals surface area contributed by atoms with E-state index in [4.69, 9.17) is 4.74 Å². The maximum Gasteiger partial charge on any atom is 0.309 e. The van der Waals surface area contributed by atoms with Crippen molar-refractivity contribution in [3.63, 3.8) is 0 Å². The van der Waals surface area contributed by atoms with Crippen molar-refractivity contribution in [3.8, 4) is 0 Å². The SMILES string of the molecule is COC(=O)[C@@H]1CC[C@H](C)[C@]2(C)[C@H](O)C[C@H](C)C(=O)[C@H]12. The Morgan fingerprint density at radius 2 is 2.00 bits per heavy atom. The van der Waals surface area contributed by atoms with Crippen molar-refractivity contribution in [3.05, 3.63) is 0 Å². The van der Waals surface area contributed by atoms with Gasteiger partial charge in [-0.25, -0.2) is 0 Å². The molecule has 0 radical (unpaired) electrons. The van der Waals surface area contributed by atoms with Crippen LogP contribution < -0.4 is 0 Å². The molecule has 2 aliphatic carbocycles. The number of ketones is 1. The fraction of sp³-hybridized carbons (Fsp3) is 0.867. The minimum atomic E-state index is -0.521. The second-order valence-corrected chi connectivity index (χ2v) is 6.51. The summed E-state index contributed by atoms with van der Waals surface area (Å²) in [6.07, 6.45) is 1.52. The summed E-state index contributed by atoms with van der Waals surface area (Å²) in [6, 6.07) is 0. The molecule has 0 aromatic rings. The first-order chi connectivity index (χ1) is 8.83. The van der Waals surface area contributed by atoms with Crippen LogP contribution in [0.1, 0.15) is 40.0 Å². The largest absolute Gasteiger partial charge is 0.469 e. The van der Waals surface area contributed by atoms with Crippen LogP contribution in [0.15, 0.2) is 0 Å². The molecule has 2 saturated carbocycles. The minimum absolute atomic E-state index is 0.120. The average Bonchev–Trinajstić information content (AvgIpc) is 2.38. The lowest BCUT2D eigenvalue weighted by Crippen LogP contribution is -2.59. The summed E-state index contributed by atoms with van der Waals surface area (Å²) in [6.45, 7) is 5.89. The van der Waals surface area contributed by atoms with Gasteiger partial charge >= 0.3 is 5.97 Å². The van der Waals surface area contributed by atoms with Gasteiger partial charge in [0, 0.05) is 17.3 Å². The van der Waals surface area contributed by atoms with Crippen LogP contribution in [0.25, 0.3) is 0 Å². The number of rotatable bonds is 1. The molecule has 0 heterocycles. The molecule has 4 heteroatoms. The van der Waals surface area contributed by atoms with E-state index in [0.29, 0.717) is 12.8 Å². The first kappa shape index (κ1) is 14.5. The highest BCUT2D eigenvalue weighted by molar-refractivity contribution is 5.90. The van der Waals surface area contributed by atoms with E-state index in [1.165, 1.54) is 7.11 Å². The van der Waals surface area contributed by atoms with E-state index in [-0.39, 0.29) is 23.6 Å². The highest BCUT2D eigenvalue weighted by Crippen LogP contribution is 2.55. The monoisotopic (exact) mass is 268 g/mol. The molecule has 0 aromatic carbocycles. The Morgan fingerprint density at radius 3 is 2.58 bits per heavy atom. The summed E-state index contributed by atoms with van der Waals surface area (Å²) in [7, 11) is 1.37. The summed E-state index contributed by atoms with van der Waals surface area (Å²) in [5.41, 5.74) is -0.499. The predicted molar refractivity (Wildman–Crippen MR) is 70.3 cm³/mol. The van der Waals surface area contributed by atoms with Gasteiger partial charge in [0.25, 0.3) is 0 Å². The Hall–Kier alpha value is -0.900. The van der Waals surface area contributed by atoms with Gasteiger partial charge in [0.15, 0.2) is 0 Å². The van der Waals surface area contributed by atoms with Crippen LogP contribution >= 0.6 is 0 Å². The van der Waals surface area contributed by atoms with Crippen molar-refractivity contribution >= 4 is 11.8 Å². The minimum Gasteiger partial charge on any atom is -0.469 e. The maximum atomic E-state index is 12.6. The molecule has 0 aliphatic heterocycles. The van der Waals surface area contributed by atoms with E-state index in [0.717, 1.165) is 6.42 Å². The van der Waals surface area contributed by atoms with Crippen LogP contribution in [0.4, 0.5) is 0 Å². The second kappa shape index (κ2) is 4.89. The molecule has 6 atom stereocenters. The number of fused-ring (bicyclic) bond motifs is 1. The third-order valence-electron chi connectivity index (χ3n) is 5.64. The first-order valence-corrected chi connectivity index (χ1v) is 7.13. The van der Waals surface area contributed by atoms with E-state index in [2.05, 4.69) is 6.92 Å². The Bertz CT molecular complexity index is 392. The molecule has 2 aliphatic rings.